The van der Waals surface area contributed by atoms with Crippen LogP contribution in [0.2, 0.25) is 0 Å². The smallest absolute Gasteiger partial charge is 0.123 e. The minimum atomic E-state index is 0.477. The number of hydrogen-bond acceptors (Lipinski definition) is 3. The van der Waals surface area contributed by atoms with Gasteiger partial charge in [0, 0.05) is 18.2 Å². The average Bonchev–Trinajstić information content (AvgIpc) is 2.95. The maximum Gasteiger partial charge on any atom is 0.123 e. The molecular formula is C13H21NO2. The van der Waals surface area contributed by atoms with Crippen LogP contribution < -0.4 is 5.32 Å². The standard InChI is InChI=1S/C13H21NO2/c1-10(2)14-7-13-12(5-6-16-13)9-15-8-11-3-4-11/h5-6,10-11,14H,3-4,7-9H2,1-2H3. The summed E-state index contributed by atoms with van der Waals surface area (Å²) in [7, 11) is 0. The van der Waals surface area contributed by atoms with E-state index in [1.54, 1.807) is 6.26 Å². The van der Waals surface area contributed by atoms with Crippen LogP contribution in [-0.4, -0.2) is 12.6 Å². The lowest BCUT2D eigenvalue weighted by atomic mass is 10.2. The van der Waals surface area contributed by atoms with E-state index in [4.69, 9.17) is 9.15 Å². The van der Waals surface area contributed by atoms with Crippen LogP contribution in [0.4, 0.5) is 0 Å². The van der Waals surface area contributed by atoms with E-state index < -0.39 is 0 Å². The summed E-state index contributed by atoms with van der Waals surface area (Å²) in [6, 6.07) is 2.48. The highest BCUT2D eigenvalue weighted by Gasteiger charge is 2.21. The third kappa shape index (κ3) is 3.65. The van der Waals surface area contributed by atoms with Crippen molar-refractivity contribution >= 4 is 0 Å². The average molecular weight is 223 g/mol. The Morgan fingerprint density at radius 2 is 2.31 bits per heavy atom. The summed E-state index contributed by atoms with van der Waals surface area (Å²) in [5.74, 6) is 1.83. The zero-order valence-corrected chi connectivity index (χ0v) is 10.2. The first-order valence-electron chi connectivity index (χ1n) is 6.12. The number of furan rings is 1. The SMILES string of the molecule is CC(C)NCc1occc1COCC1CC1. The van der Waals surface area contributed by atoms with Gasteiger partial charge in [0.05, 0.1) is 19.4 Å². The molecule has 1 aromatic heterocycles. The zero-order valence-electron chi connectivity index (χ0n) is 10.2. The summed E-state index contributed by atoms with van der Waals surface area (Å²) in [6.07, 6.45) is 4.42. The Hall–Kier alpha value is -0.800. The molecule has 0 unspecified atom stereocenters. The van der Waals surface area contributed by atoms with Gasteiger partial charge in [-0.3, -0.25) is 0 Å². The zero-order chi connectivity index (χ0) is 11.4. The van der Waals surface area contributed by atoms with E-state index in [2.05, 4.69) is 19.2 Å². The molecule has 0 radical (unpaired) electrons. The van der Waals surface area contributed by atoms with E-state index in [9.17, 15) is 0 Å². The van der Waals surface area contributed by atoms with Crippen molar-refractivity contribution < 1.29 is 9.15 Å². The summed E-state index contributed by atoms with van der Waals surface area (Å²) in [6.45, 7) is 6.63. The van der Waals surface area contributed by atoms with Crippen molar-refractivity contribution in [1.29, 1.82) is 0 Å². The molecule has 3 heteroatoms. The predicted octanol–water partition coefficient (Wildman–Crippen LogP) is 2.70. The van der Waals surface area contributed by atoms with E-state index in [1.807, 2.05) is 6.07 Å². The molecular weight excluding hydrogens is 202 g/mol. The number of ether oxygens (including phenoxy) is 1. The molecule has 1 N–H and O–H groups in total. The maximum atomic E-state index is 5.66. The molecule has 0 saturated heterocycles. The Labute approximate surface area is 97.2 Å². The van der Waals surface area contributed by atoms with Crippen molar-refractivity contribution in [3.63, 3.8) is 0 Å². The van der Waals surface area contributed by atoms with Gasteiger partial charge in [-0.25, -0.2) is 0 Å². The van der Waals surface area contributed by atoms with Crippen LogP contribution in [0.3, 0.4) is 0 Å². The fourth-order valence-electron chi connectivity index (χ4n) is 1.57. The molecule has 1 fully saturated rings. The third-order valence-corrected chi connectivity index (χ3v) is 2.82. The summed E-state index contributed by atoms with van der Waals surface area (Å²) < 4.78 is 11.1. The van der Waals surface area contributed by atoms with Crippen LogP contribution in [0, 0.1) is 5.92 Å². The largest absolute Gasteiger partial charge is 0.468 e. The molecule has 3 nitrogen and oxygen atoms in total. The molecule has 1 heterocycles. The van der Waals surface area contributed by atoms with Crippen LogP contribution >= 0.6 is 0 Å². The van der Waals surface area contributed by atoms with Gasteiger partial charge in [-0.1, -0.05) is 13.8 Å². The van der Waals surface area contributed by atoms with E-state index >= 15 is 0 Å². The monoisotopic (exact) mass is 223 g/mol. The van der Waals surface area contributed by atoms with Gasteiger partial charge in [0.15, 0.2) is 0 Å². The quantitative estimate of drug-likeness (QED) is 0.771. The van der Waals surface area contributed by atoms with E-state index in [0.717, 1.165) is 24.8 Å². The maximum absolute atomic E-state index is 5.66. The minimum Gasteiger partial charge on any atom is -0.468 e. The summed E-state index contributed by atoms with van der Waals surface area (Å²) in [5.41, 5.74) is 1.17. The normalized spacial score (nSPS) is 15.9. The fraction of sp³-hybridized carbons (Fsp3) is 0.692. The van der Waals surface area contributed by atoms with Gasteiger partial charge in [-0.05, 0) is 24.8 Å². The van der Waals surface area contributed by atoms with Crippen molar-refractivity contribution in [2.75, 3.05) is 6.61 Å². The minimum absolute atomic E-state index is 0.477. The van der Waals surface area contributed by atoms with Gasteiger partial charge in [-0.15, -0.1) is 0 Å². The van der Waals surface area contributed by atoms with Crippen molar-refractivity contribution in [2.45, 2.75) is 45.9 Å². The van der Waals surface area contributed by atoms with Gasteiger partial charge < -0.3 is 14.5 Å². The Bertz CT molecular complexity index is 315. The highest BCUT2D eigenvalue weighted by Crippen LogP contribution is 2.29. The fourth-order valence-corrected chi connectivity index (χ4v) is 1.57. The van der Waals surface area contributed by atoms with Crippen molar-refractivity contribution in [3.05, 3.63) is 23.7 Å². The molecule has 0 amide bonds. The first-order valence-corrected chi connectivity index (χ1v) is 6.12. The van der Waals surface area contributed by atoms with E-state index in [0.29, 0.717) is 12.6 Å². The van der Waals surface area contributed by atoms with Gasteiger partial charge in [0.2, 0.25) is 0 Å². The lowest BCUT2D eigenvalue weighted by Gasteiger charge is -2.08. The molecule has 0 aromatic carbocycles. The lowest BCUT2D eigenvalue weighted by molar-refractivity contribution is 0.110. The van der Waals surface area contributed by atoms with E-state index in [1.165, 1.54) is 18.4 Å². The molecule has 90 valence electrons. The van der Waals surface area contributed by atoms with Gasteiger partial charge >= 0.3 is 0 Å². The Balaban J connectivity index is 1.75. The highest BCUT2D eigenvalue weighted by atomic mass is 16.5. The molecule has 0 atom stereocenters. The Morgan fingerprint density at radius 3 is 3.00 bits per heavy atom. The Morgan fingerprint density at radius 1 is 1.50 bits per heavy atom. The molecule has 2 rings (SSSR count). The highest BCUT2D eigenvalue weighted by molar-refractivity contribution is 5.15. The van der Waals surface area contributed by atoms with Crippen LogP contribution in [0.25, 0.3) is 0 Å². The van der Waals surface area contributed by atoms with Crippen molar-refractivity contribution in [3.8, 4) is 0 Å². The second kappa shape index (κ2) is 5.51. The molecule has 1 aliphatic carbocycles. The Kier molecular flexibility index (Phi) is 4.02. The third-order valence-electron chi connectivity index (χ3n) is 2.82. The molecule has 1 aliphatic rings. The van der Waals surface area contributed by atoms with Gasteiger partial charge in [0.25, 0.3) is 0 Å². The molecule has 0 aliphatic heterocycles. The summed E-state index contributed by atoms with van der Waals surface area (Å²) in [5, 5.41) is 3.35. The first kappa shape index (κ1) is 11.7. The molecule has 0 bridgehead atoms. The van der Waals surface area contributed by atoms with E-state index in [-0.39, 0.29) is 0 Å². The first-order chi connectivity index (χ1) is 7.75. The number of nitrogens with one attached hydrogen (secondary N) is 1. The predicted molar refractivity (Wildman–Crippen MR) is 63.1 cm³/mol. The van der Waals surface area contributed by atoms with Gasteiger partial charge in [0.1, 0.15) is 5.76 Å². The number of rotatable bonds is 7. The topological polar surface area (TPSA) is 34.4 Å². The molecule has 1 aromatic rings. The van der Waals surface area contributed by atoms with Crippen LogP contribution in [-0.2, 0) is 17.9 Å². The molecule has 16 heavy (non-hydrogen) atoms. The van der Waals surface area contributed by atoms with Crippen LogP contribution in [0.15, 0.2) is 16.7 Å². The van der Waals surface area contributed by atoms with Crippen LogP contribution in [0.5, 0.6) is 0 Å². The summed E-state index contributed by atoms with van der Waals surface area (Å²) in [4.78, 5) is 0. The van der Waals surface area contributed by atoms with Crippen molar-refractivity contribution in [2.24, 2.45) is 5.92 Å². The second-order valence-corrected chi connectivity index (χ2v) is 4.86. The van der Waals surface area contributed by atoms with Gasteiger partial charge in [-0.2, -0.15) is 0 Å². The molecule has 1 saturated carbocycles. The second-order valence-electron chi connectivity index (χ2n) is 4.86. The lowest BCUT2D eigenvalue weighted by Crippen LogP contribution is -2.22. The number of hydrogen-bond donors (Lipinski definition) is 1. The molecule has 0 spiro atoms. The summed E-state index contributed by atoms with van der Waals surface area (Å²) >= 11 is 0. The van der Waals surface area contributed by atoms with Crippen LogP contribution in [0.1, 0.15) is 38.0 Å². The van der Waals surface area contributed by atoms with Crippen molar-refractivity contribution in [1.82, 2.24) is 5.32 Å².